The molecule has 30 heavy (non-hydrogen) atoms. The number of fused-ring (bicyclic) bond motifs is 1. The summed E-state index contributed by atoms with van der Waals surface area (Å²) < 4.78 is 8.37. The molecule has 1 aromatic heterocycles. The lowest BCUT2D eigenvalue weighted by atomic mass is 10.0. The third kappa shape index (κ3) is 3.79. The van der Waals surface area contributed by atoms with E-state index in [0.29, 0.717) is 32.6 Å². The molecule has 3 aromatic rings. The van der Waals surface area contributed by atoms with Gasteiger partial charge in [0, 0.05) is 8.95 Å². The molecule has 0 bridgehead atoms. The zero-order chi connectivity index (χ0) is 21.6. The number of hydrogen-bond donors (Lipinski definition) is 4. The minimum Gasteiger partial charge on any atom is -0.388 e. The first kappa shape index (κ1) is 21.4. The van der Waals surface area contributed by atoms with Crippen molar-refractivity contribution in [3.05, 3.63) is 61.5 Å². The van der Waals surface area contributed by atoms with Crippen molar-refractivity contribution in [1.82, 2.24) is 9.55 Å². The fourth-order valence-electron chi connectivity index (χ4n) is 3.48. The standard InChI is InChI=1S/C20H19Br2N3O5/c1-9-23-16-11(6-10(21)7-12(16)22)20(29)25(9)14-5-3-2-4-13(14)24-19-18(28)17(27)15(26)8-30-19/h2-7,15,17-19,24,26-28H,8H2,1H3/t15-,17-,18+,19-/m1/s1. The van der Waals surface area contributed by atoms with Crippen molar-refractivity contribution in [2.24, 2.45) is 0 Å². The van der Waals surface area contributed by atoms with Crippen molar-refractivity contribution in [3.63, 3.8) is 0 Å². The van der Waals surface area contributed by atoms with Gasteiger partial charge in [-0.2, -0.15) is 0 Å². The number of aliphatic hydroxyl groups is 3. The zero-order valence-electron chi connectivity index (χ0n) is 15.8. The Balaban J connectivity index is 1.81. The van der Waals surface area contributed by atoms with Crippen LogP contribution in [0.5, 0.6) is 0 Å². The summed E-state index contributed by atoms with van der Waals surface area (Å²) in [6, 6.07) is 10.6. The number of nitrogens with zero attached hydrogens (tertiary/aromatic N) is 2. The van der Waals surface area contributed by atoms with Crippen molar-refractivity contribution in [2.45, 2.75) is 31.5 Å². The van der Waals surface area contributed by atoms with Crippen LogP contribution in [0.25, 0.3) is 16.6 Å². The first-order valence-electron chi connectivity index (χ1n) is 9.18. The summed E-state index contributed by atoms with van der Waals surface area (Å²) in [5, 5.41) is 33.3. The number of anilines is 1. The molecule has 158 valence electrons. The molecule has 4 atom stereocenters. The molecule has 1 fully saturated rings. The highest BCUT2D eigenvalue weighted by molar-refractivity contribution is 9.11. The van der Waals surface area contributed by atoms with Crippen molar-refractivity contribution >= 4 is 48.5 Å². The average Bonchev–Trinajstić information content (AvgIpc) is 2.70. The van der Waals surface area contributed by atoms with E-state index in [2.05, 4.69) is 42.2 Å². The number of aryl methyl sites for hydroxylation is 1. The summed E-state index contributed by atoms with van der Waals surface area (Å²) in [5.74, 6) is 0.477. The first-order valence-corrected chi connectivity index (χ1v) is 10.8. The molecule has 0 unspecified atom stereocenters. The van der Waals surface area contributed by atoms with Crippen LogP contribution in [0.4, 0.5) is 5.69 Å². The van der Waals surface area contributed by atoms with Crippen molar-refractivity contribution in [1.29, 1.82) is 0 Å². The summed E-state index contributed by atoms with van der Waals surface area (Å²) in [6.45, 7) is 1.61. The van der Waals surface area contributed by atoms with Gasteiger partial charge in [0.15, 0.2) is 6.23 Å². The van der Waals surface area contributed by atoms with E-state index in [0.717, 1.165) is 4.47 Å². The number of ether oxygens (including phenoxy) is 1. The van der Waals surface area contributed by atoms with Crippen LogP contribution in [0.2, 0.25) is 0 Å². The largest absolute Gasteiger partial charge is 0.388 e. The summed E-state index contributed by atoms with van der Waals surface area (Å²) in [4.78, 5) is 17.9. The van der Waals surface area contributed by atoms with E-state index in [1.807, 2.05) is 6.07 Å². The van der Waals surface area contributed by atoms with Gasteiger partial charge in [-0.25, -0.2) is 4.98 Å². The molecule has 0 radical (unpaired) electrons. The predicted molar refractivity (Wildman–Crippen MR) is 119 cm³/mol. The molecule has 2 heterocycles. The number of para-hydroxylation sites is 2. The Morgan fingerprint density at radius 3 is 2.67 bits per heavy atom. The highest BCUT2D eigenvalue weighted by Crippen LogP contribution is 2.28. The fourth-order valence-corrected chi connectivity index (χ4v) is 4.80. The van der Waals surface area contributed by atoms with Gasteiger partial charge in [-0.1, -0.05) is 28.1 Å². The highest BCUT2D eigenvalue weighted by Gasteiger charge is 2.37. The van der Waals surface area contributed by atoms with Crippen LogP contribution in [-0.2, 0) is 4.74 Å². The van der Waals surface area contributed by atoms with Crippen LogP contribution in [0.3, 0.4) is 0 Å². The maximum Gasteiger partial charge on any atom is 0.266 e. The Morgan fingerprint density at radius 1 is 1.17 bits per heavy atom. The molecule has 2 aromatic carbocycles. The molecular formula is C20H19Br2N3O5. The topological polar surface area (TPSA) is 117 Å². The highest BCUT2D eigenvalue weighted by atomic mass is 79.9. The van der Waals surface area contributed by atoms with E-state index < -0.39 is 24.5 Å². The number of nitrogens with one attached hydrogen (secondary N) is 1. The van der Waals surface area contributed by atoms with Crippen LogP contribution in [-0.4, -0.2) is 56.0 Å². The van der Waals surface area contributed by atoms with Gasteiger partial charge in [-0.05, 0) is 47.1 Å². The third-order valence-corrected chi connectivity index (χ3v) is 6.06. The van der Waals surface area contributed by atoms with Gasteiger partial charge in [0.25, 0.3) is 5.56 Å². The molecule has 0 aliphatic carbocycles. The number of halogens is 2. The number of benzene rings is 2. The second-order valence-corrected chi connectivity index (χ2v) is 8.82. The lowest BCUT2D eigenvalue weighted by molar-refractivity contribution is -0.178. The van der Waals surface area contributed by atoms with Crippen molar-refractivity contribution in [3.8, 4) is 5.69 Å². The molecule has 0 amide bonds. The van der Waals surface area contributed by atoms with Gasteiger partial charge in [-0.3, -0.25) is 9.36 Å². The minimum absolute atomic E-state index is 0.128. The van der Waals surface area contributed by atoms with Crippen LogP contribution < -0.4 is 10.9 Å². The summed E-state index contributed by atoms with van der Waals surface area (Å²) in [5.41, 5.74) is 1.33. The van der Waals surface area contributed by atoms with E-state index in [-0.39, 0.29) is 12.2 Å². The van der Waals surface area contributed by atoms with E-state index in [1.54, 1.807) is 37.3 Å². The second-order valence-electron chi connectivity index (χ2n) is 7.05. The van der Waals surface area contributed by atoms with Crippen LogP contribution in [0, 0.1) is 6.92 Å². The minimum atomic E-state index is -1.35. The normalized spacial score (nSPS) is 24.2. The maximum absolute atomic E-state index is 13.4. The van der Waals surface area contributed by atoms with Gasteiger partial charge in [0.2, 0.25) is 0 Å². The second kappa shape index (κ2) is 8.37. The van der Waals surface area contributed by atoms with Crippen molar-refractivity contribution in [2.75, 3.05) is 11.9 Å². The molecule has 4 N–H and O–H groups in total. The molecule has 1 aliphatic rings. The van der Waals surface area contributed by atoms with E-state index in [1.165, 1.54) is 4.57 Å². The Kier molecular flexibility index (Phi) is 5.97. The predicted octanol–water partition coefficient (Wildman–Crippen LogP) is 2.07. The van der Waals surface area contributed by atoms with Crippen LogP contribution in [0.15, 0.2) is 50.1 Å². The van der Waals surface area contributed by atoms with E-state index in [4.69, 9.17) is 4.74 Å². The molecule has 8 nitrogen and oxygen atoms in total. The summed E-state index contributed by atoms with van der Waals surface area (Å²) in [7, 11) is 0. The average molecular weight is 541 g/mol. The molecule has 1 saturated heterocycles. The van der Waals surface area contributed by atoms with Crippen LogP contribution in [0.1, 0.15) is 5.82 Å². The number of aliphatic hydroxyl groups excluding tert-OH is 3. The lowest BCUT2D eigenvalue weighted by Crippen LogP contribution is -2.55. The molecule has 0 spiro atoms. The summed E-state index contributed by atoms with van der Waals surface area (Å²) in [6.07, 6.45) is -4.82. The lowest BCUT2D eigenvalue weighted by Gasteiger charge is -2.36. The number of aromatic nitrogens is 2. The first-order chi connectivity index (χ1) is 14.3. The smallest absolute Gasteiger partial charge is 0.266 e. The molecular weight excluding hydrogens is 522 g/mol. The Labute approximate surface area is 188 Å². The monoisotopic (exact) mass is 539 g/mol. The molecule has 0 saturated carbocycles. The van der Waals surface area contributed by atoms with E-state index in [9.17, 15) is 20.1 Å². The third-order valence-electron chi connectivity index (χ3n) is 5.00. The maximum atomic E-state index is 13.4. The van der Waals surface area contributed by atoms with Gasteiger partial charge >= 0.3 is 0 Å². The van der Waals surface area contributed by atoms with Gasteiger partial charge < -0.3 is 25.4 Å². The number of hydrogen-bond acceptors (Lipinski definition) is 7. The van der Waals surface area contributed by atoms with E-state index >= 15 is 0 Å². The number of rotatable bonds is 3. The quantitative estimate of drug-likeness (QED) is 0.402. The summed E-state index contributed by atoms with van der Waals surface area (Å²) >= 11 is 6.86. The molecule has 10 heteroatoms. The fraction of sp³-hybridized carbons (Fsp3) is 0.300. The Morgan fingerprint density at radius 2 is 1.90 bits per heavy atom. The van der Waals surface area contributed by atoms with Gasteiger partial charge in [0.1, 0.15) is 24.1 Å². The van der Waals surface area contributed by atoms with Gasteiger partial charge in [0.05, 0.1) is 28.9 Å². The Hall–Kier alpha value is -1.82. The van der Waals surface area contributed by atoms with Gasteiger partial charge in [-0.15, -0.1) is 0 Å². The van der Waals surface area contributed by atoms with Crippen molar-refractivity contribution < 1.29 is 20.1 Å². The zero-order valence-corrected chi connectivity index (χ0v) is 19.0. The molecule has 4 rings (SSSR count). The molecule has 1 aliphatic heterocycles. The Bertz CT molecular complexity index is 1170. The van der Waals surface area contributed by atoms with Crippen LogP contribution >= 0.6 is 31.9 Å². The SMILES string of the molecule is Cc1nc2c(Br)cc(Br)cc2c(=O)n1-c1ccccc1N[C@@H]1OC[C@@H](O)[C@@H](O)[C@@H]1O.